The number of rotatable bonds is 6. The molecule has 0 saturated heterocycles. The lowest BCUT2D eigenvalue weighted by atomic mass is 10.0. The van der Waals surface area contributed by atoms with Crippen LogP contribution in [0.25, 0.3) is 0 Å². The molecule has 0 spiro atoms. The van der Waals surface area contributed by atoms with Gasteiger partial charge in [-0.2, -0.15) is 0 Å². The average Bonchev–Trinajstić information content (AvgIpc) is 2.54. The van der Waals surface area contributed by atoms with Crippen LogP contribution in [0.2, 0.25) is 0 Å². The van der Waals surface area contributed by atoms with Gasteiger partial charge in [0.15, 0.2) is 0 Å². The summed E-state index contributed by atoms with van der Waals surface area (Å²) in [5, 5.41) is 2.66. The maximum Gasteiger partial charge on any atom is 0.224 e. The summed E-state index contributed by atoms with van der Waals surface area (Å²) in [5.41, 5.74) is 4.51. The Labute approximate surface area is 132 Å². The van der Waals surface area contributed by atoms with E-state index in [1.807, 2.05) is 30.3 Å². The summed E-state index contributed by atoms with van der Waals surface area (Å²) in [5.74, 6) is 0.930. The zero-order valence-electron chi connectivity index (χ0n) is 13.5. The number of hydrogen-bond donors (Lipinski definition) is 1. The van der Waals surface area contributed by atoms with E-state index in [1.165, 1.54) is 11.1 Å². The molecule has 1 amide bonds. The summed E-state index contributed by atoms with van der Waals surface area (Å²) in [4.78, 5) is 11.6. The Morgan fingerprint density at radius 2 is 1.82 bits per heavy atom. The highest BCUT2D eigenvalue weighted by Crippen LogP contribution is 2.22. The minimum Gasteiger partial charge on any atom is -0.489 e. The van der Waals surface area contributed by atoms with Crippen molar-refractivity contribution in [3.8, 4) is 5.75 Å². The van der Waals surface area contributed by atoms with Gasteiger partial charge in [0.25, 0.3) is 0 Å². The molecule has 0 saturated carbocycles. The molecule has 0 aliphatic heterocycles. The predicted molar refractivity (Wildman–Crippen MR) is 89.1 cm³/mol. The molecule has 0 radical (unpaired) electrons. The number of aryl methyl sites for hydroxylation is 2. The van der Waals surface area contributed by atoms with Crippen molar-refractivity contribution in [1.82, 2.24) is 5.32 Å². The highest BCUT2D eigenvalue weighted by molar-refractivity contribution is 5.78. The zero-order valence-corrected chi connectivity index (χ0v) is 13.5. The summed E-state index contributed by atoms with van der Waals surface area (Å²) < 4.78 is 5.99. The number of likely N-dealkylation sites (N-methyl/N-ethyl adjacent to an activating group) is 1. The third-order valence-electron chi connectivity index (χ3n) is 3.73. The van der Waals surface area contributed by atoms with E-state index < -0.39 is 0 Å². The van der Waals surface area contributed by atoms with E-state index in [9.17, 15) is 4.79 Å². The first-order chi connectivity index (χ1) is 10.6. The largest absolute Gasteiger partial charge is 0.489 e. The van der Waals surface area contributed by atoms with E-state index in [-0.39, 0.29) is 5.91 Å². The normalized spacial score (nSPS) is 10.3. The highest BCUT2D eigenvalue weighted by Gasteiger charge is 2.08. The van der Waals surface area contributed by atoms with Crippen LogP contribution >= 0.6 is 0 Å². The highest BCUT2D eigenvalue weighted by atomic mass is 16.5. The fraction of sp³-hybridized carbons (Fsp3) is 0.316. The molecule has 0 unspecified atom stereocenters. The van der Waals surface area contributed by atoms with Crippen molar-refractivity contribution in [1.29, 1.82) is 0 Å². The van der Waals surface area contributed by atoms with E-state index in [0.29, 0.717) is 13.0 Å². The fourth-order valence-electron chi connectivity index (χ4n) is 2.41. The third-order valence-corrected chi connectivity index (χ3v) is 3.73. The predicted octanol–water partition coefficient (Wildman–Crippen LogP) is 3.42. The lowest BCUT2D eigenvalue weighted by Crippen LogP contribution is -2.20. The van der Waals surface area contributed by atoms with Gasteiger partial charge in [0.1, 0.15) is 12.4 Å². The Morgan fingerprint density at radius 1 is 1.09 bits per heavy atom. The van der Waals surface area contributed by atoms with Crippen LogP contribution in [0.3, 0.4) is 0 Å². The summed E-state index contributed by atoms with van der Waals surface area (Å²) in [6.45, 7) is 4.69. The number of hydrogen-bond acceptors (Lipinski definition) is 2. The van der Waals surface area contributed by atoms with Gasteiger partial charge < -0.3 is 10.1 Å². The average molecular weight is 297 g/mol. The molecule has 3 nitrogen and oxygen atoms in total. The van der Waals surface area contributed by atoms with Gasteiger partial charge >= 0.3 is 0 Å². The molecule has 0 aliphatic rings. The van der Waals surface area contributed by atoms with Crippen molar-refractivity contribution in [2.75, 3.05) is 7.05 Å². The number of carbonyl (C=O) groups is 1. The van der Waals surface area contributed by atoms with Gasteiger partial charge in [-0.25, -0.2) is 0 Å². The maximum absolute atomic E-state index is 11.6. The van der Waals surface area contributed by atoms with Crippen LogP contribution in [0.4, 0.5) is 0 Å². The monoisotopic (exact) mass is 297 g/mol. The molecule has 0 bridgehead atoms. The molecule has 2 aromatic carbocycles. The fourth-order valence-corrected chi connectivity index (χ4v) is 2.41. The van der Waals surface area contributed by atoms with Crippen molar-refractivity contribution in [3.05, 3.63) is 64.7 Å². The summed E-state index contributed by atoms with van der Waals surface area (Å²) in [6.07, 6.45) is 1.32. The second-order valence-electron chi connectivity index (χ2n) is 5.37. The van der Waals surface area contributed by atoms with Crippen LogP contribution in [0.15, 0.2) is 42.5 Å². The van der Waals surface area contributed by atoms with Crippen LogP contribution in [0.5, 0.6) is 5.75 Å². The molecule has 2 rings (SSSR count). The zero-order chi connectivity index (χ0) is 15.9. The van der Waals surface area contributed by atoms with E-state index in [0.717, 1.165) is 23.3 Å². The Balaban J connectivity index is 2.13. The molecular weight excluding hydrogens is 274 g/mol. The molecule has 116 valence electrons. The van der Waals surface area contributed by atoms with Gasteiger partial charge in [0.2, 0.25) is 5.91 Å². The van der Waals surface area contributed by atoms with Crippen molar-refractivity contribution < 1.29 is 9.53 Å². The smallest absolute Gasteiger partial charge is 0.224 e. The summed E-state index contributed by atoms with van der Waals surface area (Å²) in [6, 6.07) is 14.2. The molecule has 0 aromatic heterocycles. The first-order valence-corrected chi connectivity index (χ1v) is 7.63. The van der Waals surface area contributed by atoms with E-state index in [4.69, 9.17) is 4.74 Å². The van der Waals surface area contributed by atoms with Gasteiger partial charge in [-0.3, -0.25) is 4.79 Å². The van der Waals surface area contributed by atoms with Crippen molar-refractivity contribution in [2.24, 2.45) is 0 Å². The third kappa shape index (κ3) is 4.10. The van der Waals surface area contributed by atoms with E-state index >= 15 is 0 Å². The first-order valence-electron chi connectivity index (χ1n) is 7.63. The standard InChI is InChI=1S/C19H23NO2/c1-4-15-11-14(2)9-10-18(15)22-13-17-8-6-5-7-16(17)12-19(21)20-3/h5-11H,4,12-13H2,1-3H3,(H,20,21). The van der Waals surface area contributed by atoms with Crippen LogP contribution in [0, 0.1) is 6.92 Å². The topological polar surface area (TPSA) is 38.3 Å². The molecule has 0 heterocycles. The van der Waals surface area contributed by atoms with Gasteiger partial charge in [0.05, 0.1) is 6.42 Å². The number of amides is 1. The molecule has 3 heteroatoms. The van der Waals surface area contributed by atoms with E-state index in [2.05, 4.69) is 31.3 Å². The van der Waals surface area contributed by atoms with Crippen LogP contribution in [-0.4, -0.2) is 13.0 Å². The van der Waals surface area contributed by atoms with Crippen molar-refractivity contribution in [2.45, 2.75) is 33.3 Å². The van der Waals surface area contributed by atoms with Gasteiger partial charge in [-0.15, -0.1) is 0 Å². The van der Waals surface area contributed by atoms with Crippen molar-refractivity contribution >= 4 is 5.91 Å². The van der Waals surface area contributed by atoms with Gasteiger partial charge in [-0.1, -0.05) is 48.9 Å². The van der Waals surface area contributed by atoms with Gasteiger partial charge in [0, 0.05) is 7.05 Å². The Hall–Kier alpha value is -2.29. The quantitative estimate of drug-likeness (QED) is 0.887. The molecule has 0 aliphatic carbocycles. The van der Waals surface area contributed by atoms with Crippen LogP contribution < -0.4 is 10.1 Å². The van der Waals surface area contributed by atoms with Crippen LogP contribution in [-0.2, 0) is 24.2 Å². The SMILES string of the molecule is CCc1cc(C)ccc1OCc1ccccc1CC(=O)NC. The minimum atomic E-state index is 0.0111. The van der Waals surface area contributed by atoms with Crippen molar-refractivity contribution in [3.63, 3.8) is 0 Å². The number of benzene rings is 2. The Morgan fingerprint density at radius 3 is 2.50 bits per heavy atom. The van der Waals surface area contributed by atoms with Gasteiger partial charge in [-0.05, 0) is 36.1 Å². The lowest BCUT2D eigenvalue weighted by molar-refractivity contribution is -0.119. The number of nitrogens with one attached hydrogen (secondary N) is 1. The Kier molecular flexibility index (Phi) is 5.59. The second kappa shape index (κ2) is 7.64. The molecule has 0 fully saturated rings. The molecule has 22 heavy (non-hydrogen) atoms. The minimum absolute atomic E-state index is 0.0111. The summed E-state index contributed by atoms with van der Waals surface area (Å²) >= 11 is 0. The molecule has 2 aromatic rings. The number of ether oxygens (including phenoxy) is 1. The Bertz CT molecular complexity index is 650. The van der Waals surface area contributed by atoms with Crippen LogP contribution in [0.1, 0.15) is 29.2 Å². The molecular formula is C19H23NO2. The maximum atomic E-state index is 11.6. The molecule has 1 N–H and O–H groups in total. The molecule has 0 atom stereocenters. The first kappa shape index (κ1) is 16.1. The number of carbonyl (C=O) groups excluding carboxylic acids is 1. The summed E-state index contributed by atoms with van der Waals surface area (Å²) in [7, 11) is 1.65. The lowest BCUT2D eigenvalue weighted by Gasteiger charge is -2.13. The second-order valence-corrected chi connectivity index (χ2v) is 5.37. The van der Waals surface area contributed by atoms with E-state index in [1.54, 1.807) is 7.05 Å².